The Balaban J connectivity index is 2.11. The molecule has 1 heterocycles. The number of benzene rings is 1. The molecule has 0 bridgehead atoms. The zero-order valence-corrected chi connectivity index (χ0v) is 11.2. The highest BCUT2D eigenvalue weighted by Crippen LogP contribution is 2.18. The standard InChI is InChI=1S/C13H16ClN3O/c1-8(2)12(15)13-16-11(17-18-13)7-9-4-3-5-10(14)6-9/h3-6,8,12H,7,15H2,1-2H3. The SMILES string of the molecule is CC(C)C(N)c1nc(Cc2cccc(Cl)c2)no1. The fourth-order valence-electron chi connectivity index (χ4n) is 1.59. The minimum Gasteiger partial charge on any atom is -0.338 e. The number of halogens is 1. The molecule has 18 heavy (non-hydrogen) atoms. The first-order valence-corrected chi connectivity index (χ1v) is 6.26. The van der Waals surface area contributed by atoms with Crippen LogP contribution in [-0.4, -0.2) is 10.1 Å². The second-order valence-electron chi connectivity index (χ2n) is 4.63. The van der Waals surface area contributed by atoms with Crippen molar-refractivity contribution in [2.24, 2.45) is 11.7 Å². The molecule has 0 radical (unpaired) electrons. The number of aromatic nitrogens is 2. The average Bonchev–Trinajstić information content (AvgIpc) is 2.76. The summed E-state index contributed by atoms with van der Waals surface area (Å²) in [5.41, 5.74) is 7.00. The van der Waals surface area contributed by atoms with Gasteiger partial charge in [-0.1, -0.05) is 42.7 Å². The quantitative estimate of drug-likeness (QED) is 0.923. The van der Waals surface area contributed by atoms with Gasteiger partial charge in [0, 0.05) is 11.4 Å². The van der Waals surface area contributed by atoms with E-state index in [4.69, 9.17) is 21.9 Å². The molecule has 0 spiro atoms. The number of hydrogen-bond acceptors (Lipinski definition) is 4. The number of nitrogens with zero attached hydrogens (tertiary/aromatic N) is 2. The summed E-state index contributed by atoms with van der Waals surface area (Å²) in [5.74, 6) is 1.38. The van der Waals surface area contributed by atoms with Crippen LogP contribution in [0.5, 0.6) is 0 Å². The molecule has 0 saturated heterocycles. The zero-order chi connectivity index (χ0) is 13.1. The van der Waals surface area contributed by atoms with Crippen molar-refractivity contribution in [1.29, 1.82) is 0 Å². The van der Waals surface area contributed by atoms with Crippen LogP contribution in [0.4, 0.5) is 0 Å². The van der Waals surface area contributed by atoms with Crippen molar-refractivity contribution in [1.82, 2.24) is 10.1 Å². The first kappa shape index (κ1) is 13.1. The third kappa shape index (κ3) is 3.09. The summed E-state index contributed by atoms with van der Waals surface area (Å²) in [5, 5.41) is 4.64. The molecule has 4 nitrogen and oxygen atoms in total. The van der Waals surface area contributed by atoms with E-state index < -0.39 is 0 Å². The summed E-state index contributed by atoms with van der Waals surface area (Å²) in [6, 6.07) is 7.38. The van der Waals surface area contributed by atoms with Gasteiger partial charge in [-0.15, -0.1) is 0 Å². The first-order chi connectivity index (χ1) is 8.56. The molecule has 0 aliphatic heterocycles. The van der Waals surface area contributed by atoms with E-state index in [1.54, 1.807) is 0 Å². The van der Waals surface area contributed by atoms with Crippen molar-refractivity contribution >= 4 is 11.6 Å². The summed E-state index contributed by atoms with van der Waals surface area (Å²) >= 11 is 5.92. The summed E-state index contributed by atoms with van der Waals surface area (Å²) in [6.07, 6.45) is 0.592. The Kier molecular flexibility index (Phi) is 3.99. The normalized spacial score (nSPS) is 12.9. The summed E-state index contributed by atoms with van der Waals surface area (Å²) in [4.78, 5) is 4.31. The fourth-order valence-corrected chi connectivity index (χ4v) is 1.80. The minimum absolute atomic E-state index is 0.217. The maximum atomic E-state index is 5.95. The fraction of sp³-hybridized carbons (Fsp3) is 0.385. The molecule has 0 saturated carbocycles. The lowest BCUT2D eigenvalue weighted by molar-refractivity contribution is 0.322. The van der Waals surface area contributed by atoms with Gasteiger partial charge in [-0.25, -0.2) is 0 Å². The van der Waals surface area contributed by atoms with E-state index in [-0.39, 0.29) is 12.0 Å². The predicted molar refractivity (Wildman–Crippen MR) is 70.3 cm³/mol. The summed E-state index contributed by atoms with van der Waals surface area (Å²) in [6.45, 7) is 4.04. The van der Waals surface area contributed by atoms with Gasteiger partial charge < -0.3 is 10.3 Å². The number of rotatable bonds is 4. The Morgan fingerprint density at radius 1 is 1.39 bits per heavy atom. The van der Waals surface area contributed by atoms with E-state index in [0.29, 0.717) is 23.2 Å². The van der Waals surface area contributed by atoms with Gasteiger partial charge in [0.2, 0.25) is 5.89 Å². The van der Waals surface area contributed by atoms with Gasteiger partial charge in [0.05, 0.1) is 6.04 Å². The lowest BCUT2D eigenvalue weighted by Crippen LogP contribution is -2.17. The molecule has 0 aliphatic rings. The Morgan fingerprint density at radius 2 is 2.17 bits per heavy atom. The van der Waals surface area contributed by atoms with Gasteiger partial charge in [-0.3, -0.25) is 0 Å². The molecule has 5 heteroatoms. The molecule has 2 rings (SSSR count). The van der Waals surface area contributed by atoms with Gasteiger partial charge in [0.15, 0.2) is 5.82 Å². The van der Waals surface area contributed by atoms with Crippen LogP contribution >= 0.6 is 11.6 Å². The molecular formula is C13H16ClN3O. The average molecular weight is 266 g/mol. The molecular weight excluding hydrogens is 250 g/mol. The third-order valence-electron chi connectivity index (χ3n) is 2.74. The molecule has 1 unspecified atom stereocenters. The minimum atomic E-state index is -0.217. The van der Waals surface area contributed by atoms with Gasteiger partial charge in [0.1, 0.15) is 0 Å². The first-order valence-electron chi connectivity index (χ1n) is 5.89. The maximum absolute atomic E-state index is 5.95. The summed E-state index contributed by atoms with van der Waals surface area (Å²) < 4.78 is 5.17. The highest BCUT2D eigenvalue weighted by Gasteiger charge is 2.18. The summed E-state index contributed by atoms with van der Waals surface area (Å²) in [7, 11) is 0. The highest BCUT2D eigenvalue weighted by atomic mass is 35.5. The van der Waals surface area contributed by atoms with Crippen molar-refractivity contribution in [3.63, 3.8) is 0 Å². The number of nitrogens with two attached hydrogens (primary N) is 1. The largest absolute Gasteiger partial charge is 0.338 e. The zero-order valence-electron chi connectivity index (χ0n) is 10.4. The van der Waals surface area contributed by atoms with Gasteiger partial charge >= 0.3 is 0 Å². The maximum Gasteiger partial charge on any atom is 0.243 e. The van der Waals surface area contributed by atoms with Crippen molar-refractivity contribution in [3.05, 3.63) is 46.6 Å². The Labute approximate surface area is 111 Å². The van der Waals surface area contributed by atoms with Crippen molar-refractivity contribution < 1.29 is 4.52 Å². The number of hydrogen-bond donors (Lipinski definition) is 1. The topological polar surface area (TPSA) is 64.9 Å². The monoisotopic (exact) mass is 265 g/mol. The molecule has 1 aromatic carbocycles. The molecule has 0 aliphatic carbocycles. The molecule has 2 N–H and O–H groups in total. The Bertz CT molecular complexity index is 524. The van der Waals surface area contributed by atoms with E-state index >= 15 is 0 Å². The van der Waals surface area contributed by atoms with E-state index in [1.165, 1.54) is 0 Å². The molecule has 2 aromatic rings. The predicted octanol–water partition coefficient (Wildman–Crippen LogP) is 2.97. The van der Waals surface area contributed by atoms with Crippen molar-refractivity contribution in [3.8, 4) is 0 Å². The van der Waals surface area contributed by atoms with Crippen LogP contribution in [0, 0.1) is 5.92 Å². The van der Waals surface area contributed by atoms with Crippen LogP contribution in [0.25, 0.3) is 0 Å². The van der Waals surface area contributed by atoms with Crippen LogP contribution in [0.2, 0.25) is 5.02 Å². The van der Waals surface area contributed by atoms with Crippen LogP contribution in [0.3, 0.4) is 0 Å². The van der Waals surface area contributed by atoms with E-state index in [2.05, 4.69) is 10.1 Å². The van der Waals surface area contributed by atoms with Gasteiger partial charge in [-0.2, -0.15) is 4.98 Å². The Hall–Kier alpha value is -1.39. The van der Waals surface area contributed by atoms with E-state index in [1.807, 2.05) is 38.1 Å². The smallest absolute Gasteiger partial charge is 0.243 e. The molecule has 0 fully saturated rings. The molecule has 1 aromatic heterocycles. The Morgan fingerprint density at radius 3 is 2.83 bits per heavy atom. The third-order valence-corrected chi connectivity index (χ3v) is 2.97. The van der Waals surface area contributed by atoms with E-state index in [9.17, 15) is 0 Å². The highest BCUT2D eigenvalue weighted by molar-refractivity contribution is 6.30. The molecule has 96 valence electrons. The second-order valence-corrected chi connectivity index (χ2v) is 5.06. The molecule has 1 atom stereocenters. The van der Waals surface area contributed by atoms with Gasteiger partial charge in [0.25, 0.3) is 0 Å². The van der Waals surface area contributed by atoms with E-state index in [0.717, 1.165) is 5.56 Å². The van der Waals surface area contributed by atoms with Crippen LogP contribution in [0.15, 0.2) is 28.8 Å². The van der Waals surface area contributed by atoms with Crippen LogP contribution < -0.4 is 5.73 Å². The molecule has 0 amide bonds. The van der Waals surface area contributed by atoms with Crippen molar-refractivity contribution in [2.45, 2.75) is 26.3 Å². The van der Waals surface area contributed by atoms with Crippen LogP contribution in [0.1, 0.15) is 37.2 Å². The van der Waals surface area contributed by atoms with Crippen molar-refractivity contribution in [2.75, 3.05) is 0 Å². The lowest BCUT2D eigenvalue weighted by atomic mass is 10.1. The second kappa shape index (κ2) is 5.50. The van der Waals surface area contributed by atoms with Crippen LogP contribution in [-0.2, 0) is 6.42 Å². The van der Waals surface area contributed by atoms with Gasteiger partial charge in [-0.05, 0) is 23.6 Å². The lowest BCUT2D eigenvalue weighted by Gasteiger charge is -2.09.